The molecular weight excluding hydrogens is 299 g/mol. The number of carbonyl (C=O) groups excluding carboxylic acids is 2. The fourth-order valence-corrected chi connectivity index (χ4v) is 2.45. The normalized spacial score (nSPS) is 10.7. The van der Waals surface area contributed by atoms with E-state index < -0.39 is 11.7 Å². The van der Waals surface area contributed by atoms with E-state index in [4.69, 9.17) is 23.2 Å². The number of amides is 1. The van der Waals surface area contributed by atoms with Crippen LogP contribution in [-0.2, 0) is 4.79 Å². The summed E-state index contributed by atoms with van der Waals surface area (Å²) in [5.41, 5.74) is 1.20. The van der Waals surface area contributed by atoms with E-state index in [0.29, 0.717) is 18.7 Å². The number of fused-ring (bicyclic) bond motifs is 1. The first kappa shape index (κ1) is 14.9. The minimum atomic E-state index is -0.573. The van der Waals surface area contributed by atoms with E-state index in [1.165, 1.54) is 4.90 Å². The third-order valence-corrected chi connectivity index (χ3v) is 3.36. The summed E-state index contributed by atoms with van der Waals surface area (Å²) in [6.45, 7) is 0.614. The van der Waals surface area contributed by atoms with E-state index in [-0.39, 0.29) is 11.8 Å². The van der Waals surface area contributed by atoms with Gasteiger partial charge >= 0.3 is 0 Å². The SMILES string of the molecule is O=C(C(=O)N(CCCl)CCCl)c1c[nH]c2ccccc12. The molecule has 0 spiro atoms. The van der Waals surface area contributed by atoms with Gasteiger partial charge in [0.15, 0.2) is 0 Å². The van der Waals surface area contributed by atoms with Crippen molar-refractivity contribution in [3.8, 4) is 0 Å². The number of Topliss-reactive ketones (excluding diaryl/α,β-unsaturated/α-hetero) is 1. The lowest BCUT2D eigenvalue weighted by Gasteiger charge is -2.19. The van der Waals surface area contributed by atoms with Crippen molar-refractivity contribution in [3.63, 3.8) is 0 Å². The molecule has 4 nitrogen and oxygen atoms in total. The zero-order chi connectivity index (χ0) is 14.5. The Kier molecular flexibility index (Phi) is 5.04. The van der Waals surface area contributed by atoms with Gasteiger partial charge in [0.25, 0.3) is 11.7 Å². The number of benzene rings is 1. The van der Waals surface area contributed by atoms with Gasteiger partial charge in [-0.25, -0.2) is 0 Å². The van der Waals surface area contributed by atoms with Gasteiger partial charge in [0.2, 0.25) is 0 Å². The lowest BCUT2D eigenvalue weighted by atomic mass is 10.1. The highest BCUT2D eigenvalue weighted by Gasteiger charge is 2.24. The minimum Gasteiger partial charge on any atom is -0.360 e. The van der Waals surface area contributed by atoms with Gasteiger partial charge in [0, 0.05) is 41.9 Å². The Labute approximate surface area is 126 Å². The lowest BCUT2D eigenvalue weighted by Crippen LogP contribution is -2.39. The van der Waals surface area contributed by atoms with Crippen LogP contribution >= 0.6 is 23.2 Å². The maximum absolute atomic E-state index is 12.3. The number of hydrogen-bond acceptors (Lipinski definition) is 2. The van der Waals surface area contributed by atoms with Gasteiger partial charge in [-0.1, -0.05) is 18.2 Å². The molecule has 1 aromatic heterocycles. The number of ketones is 1. The Morgan fingerprint density at radius 1 is 1.10 bits per heavy atom. The zero-order valence-corrected chi connectivity index (χ0v) is 12.2. The molecule has 0 radical (unpaired) electrons. The molecule has 0 aliphatic heterocycles. The molecule has 106 valence electrons. The highest BCUT2D eigenvalue weighted by atomic mass is 35.5. The number of H-pyrrole nitrogens is 1. The second-order valence-corrected chi connectivity index (χ2v) is 5.00. The molecule has 0 fully saturated rings. The first-order valence-electron chi connectivity index (χ1n) is 6.20. The third kappa shape index (κ3) is 2.97. The summed E-state index contributed by atoms with van der Waals surface area (Å²) in [5, 5.41) is 0.738. The van der Waals surface area contributed by atoms with Crippen molar-refractivity contribution >= 4 is 45.8 Å². The Morgan fingerprint density at radius 2 is 1.75 bits per heavy atom. The van der Waals surface area contributed by atoms with Crippen LogP contribution in [0.4, 0.5) is 0 Å². The number of aromatic amines is 1. The molecule has 0 aliphatic carbocycles. The van der Waals surface area contributed by atoms with Gasteiger partial charge in [-0.3, -0.25) is 9.59 Å². The van der Waals surface area contributed by atoms with Crippen LogP contribution in [0.1, 0.15) is 10.4 Å². The monoisotopic (exact) mass is 312 g/mol. The number of nitrogens with zero attached hydrogens (tertiary/aromatic N) is 1. The summed E-state index contributed by atoms with van der Waals surface area (Å²) >= 11 is 11.3. The number of carbonyl (C=O) groups is 2. The Hall–Kier alpha value is -1.52. The summed E-state index contributed by atoms with van der Waals surface area (Å²) in [4.78, 5) is 28.9. The maximum atomic E-state index is 12.3. The molecule has 1 amide bonds. The van der Waals surface area contributed by atoms with Gasteiger partial charge in [-0.2, -0.15) is 0 Å². The molecule has 0 bridgehead atoms. The number of aromatic nitrogens is 1. The highest BCUT2D eigenvalue weighted by molar-refractivity contribution is 6.45. The largest absolute Gasteiger partial charge is 0.360 e. The quantitative estimate of drug-likeness (QED) is 0.506. The van der Waals surface area contributed by atoms with Gasteiger partial charge in [-0.05, 0) is 6.07 Å². The van der Waals surface area contributed by atoms with Crippen molar-refractivity contribution < 1.29 is 9.59 Å². The molecule has 2 aromatic rings. The topological polar surface area (TPSA) is 53.2 Å². The molecule has 0 saturated heterocycles. The molecule has 1 heterocycles. The van der Waals surface area contributed by atoms with Crippen LogP contribution in [0.15, 0.2) is 30.5 Å². The van der Waals surface area contributed by atoms with Gasteiger partial charge < -0.3 is 9.88 Å². The highest BCUT2D eigenvalue weighted by Crippen LogP contribution is 2.18. The van der Waals surface area contributed by atoms with E-state index in [9.17, 15) is 9.59 Å². The van der Waals surface area contributed by atoms with Crippen LogP contribution < -0.4 is 0 Å². The van der Waals surface area contributed by atoms with Crippen molar-refractivity contribution in [1.29, 1.82) is 0 Å². The van der Waals surface area contributed by atoms with E-state index in [1.54, 1.807) is 12.3 Å². The number of hydrogen-bond donors (Lipinski definition) is 1. The Bertz CT molecular complexity index is 618. The van der Waals surface area contributed by atoms with Crippen molar-refractivity contribution in [2.45, 2.75) is 0 Å². The molecule has 0 aliphatic rings. The van der Waals surface area contributed by atoms with Gasteiger partial charge in [-0.15, -0.1) is 23.2 Å². The van der Waals surface area contributed by atoms with Gasteiger partial charge in [0.1, 0.15) is 0 Å². The summed E-state index contributed by atoms with van der Waals surface area (Å²) < 4.78 is 0. The molecule has 6 heteroatoms. The predicted octanol–water partition coefficient (Wildman–Crippen LogP) is 2.66. The second-order valence-electron chi connectivity index (χ2n) is 4.25. The standard InChI is InChI=1S/C14H14Cl2N2O2/c15-5-7-18(8-6-16)14(20)13(19)11-9-17-12-4-2-1-3-10(11)12/h1-4,9,17H,5-8H2. The van der Waals surface area contributed by atoms with E-state index in [1.807, 2.05) is 18.2 Å². The molecule has 0 atom stereocenters. The minimum absolute atomic E-state index is 0.268. The van der Waals surface area contributed by atoms with Crippen LogP contribution in [0.5, 0.6) is 0 Å². The van der Waals surface area contributed by atoms with Gasteiger partial charge in [0.05, 0.1) is 5.56 Å². The van der Waals surface area contributed by atoms with E-state index in [0.717, 1.165) is 10.9 Å². The first-order valence-corrected chi connectivity index (χ1v) is 7.27. The van der Waals surface area contributed by atoms with Crippen LogP contribution in [0.2, 0.25) is 0 Å². The Morgan fingerprint density at radius 3 is 2.40 bits per heavy atom. The summed E-state index contributed by atoms with van der Waals surface area (Å²) in [6, 6.07) is 7.35. The first-order chi connectivity index (χ1) is 9.69. The van der Waals surface area contributed by atoms with Crippen LogP contribution in [-0.4, -0.2) is 46.4 Å². The Balaban J connectivity index is 2.27. The summed E-state index contributed by atoms with van der Waals surface area (Å²) in [7, 11) is 0. The lowest BCUT2D eigenvalue weighted by molar-refractivity contribution is -0.126. The van der Waals surface area contributed by atoms with E-state index >= 15 is 0 Å². The number of para-hydroxylation sites is 1. The fourth-order valence-electron chi connectivity index (χ4n) is 2.04. The van der Waals surface area contributed by atoms with Crippen LogP contribution in [0.25, 0.3) is 10.9 Å². The summed E-state index contributed by atoms with van der Waals surface area (Å²) in [5.74, 6) is -0.582. The van der Waals surface area contributed by atoms with Crippen molar-refractivity contribution in [2.24, 2.45) is 0 Å². The second kappa shape index (κ2) is 6.77. The number of alkyl halides is 2. The molecule has 2 rings (SSSR count). The average Bonchev–Trinajstić information content (AvgIpc) is 2.89. The molecule has 0 unspecified atom stereocenters. The number of rotatable bonds is 6. The van der Waals surface area contributed by atoms with Crippen molar-refractivity contribution in [3.05, 3.63) is 36.0 Å². The smallest absolute Gasteiger partial charge is 0.295 e. The number of halogens is 2. The van der Waals surface area contributed by atoms with E-state index in [2.05, 4.69) is 4.98 Å². The van der Waals surface area contributed by atoms with Crippen LogP contribution in [0.3, 0.4) is 0 Å². The molecule has 1 N–H and O–H groups in total. The summed E-state index contributed by atoms with van der Waals surface area (Å²) in [6.07, 6.45) is 1.56. The molecule has 0 saturated carbocycles. The molecule has 1 aromatic carbocycles. The molecule has 20 heavy (non-hydrogen) atoms. The van der Waals surface area contributed by atoms with Crippen molar-refractivity contribution in [1.82, 2.24) is 9.88 Å². The fraction of sp³-hybridized carbons (Fsp3) is 0.286. The number of nitrogens with one attached hydrogen (secondary N) is 1. The third-order valence-electron chi connectivity index (χ3n) is 3.02. The van der Waals surface area contributed by atoms with Crippen LogP contribution in [0, 0.1) is 0 Å². The average molecular weight is 313 g/mol. The predicted molar refractivity (Wildman–Crippen MR) is 80.6 cm³/mol. The maximum Gasteiger partial charge on any atom is 0.295 e. The zero-order valence-electron chi connectivity index (χ0n) is 10.7. The molecular formula is C14H14Cl2N2O2. The van der Waals surface area contributed by atoms with Crippen molar-refractivity contribution in [2.75, 3.05) is 24.8 Å².